The van der Waals surface area contributed by atoms with Gasteiger partial charge in [-0.2, -0.15) is 0 Å². The van der Waals surface area contributed by atoms with Gasteiger partial charge in [-0.3, -0.25) is 0 Å². The fourth-order valence-electron chi connectivity index (χ4n) is 3.20. The minimum atomic E-state index is -2.99. The van der Waals surface area contributed by atoms with Crippen LogP contribution < -0.4 is 0 Å². The zero-order chi connectivity index (χ0) is 19.3. The second-order valence-electron chi connectivity index (χ2n) is 6.82. The van der Waals surface area contributed by atoms with Gasteiger partial charge in [0.2, 0.25) is 0 Å². The molecule has 0 spiro atoms. The number of carbonyl (C=O) groups excluding carboxylic acids is 1. The van der Waals surface area contributed by atoms with Crippen molar-refractivity contribution in [2.45, 2.75) is 19.6 Å². The summed E-state index contributed by atoms with van der Waals surface area (Å²) in [5.41, 5.74) is 1.87. The fraction of sp³-hybridized carbons (Fsp3) is 0.350. The molecular formula is C20H22BrNO4S. The molecule has 2 aromatic carbocycles. The van der Waals surface area contributed by atoms with E-state index in [4.69, 9.17) is 4.74 Å². The average molecular weight is 452 g/mol. The zero-order valence-corrected chi connectivity index (χ0v) is 17.3. The number of ether oxygens (including phenoxy) is 1. The summed E-state index contributed by atoms with van der Waals surface area (Å²) in [6.45, 7) is 0.945. The summed E-state index contributed by atoms with van der Waals surface area (Å²) in [7, 11) is -2.99. The molecule has 0 bridgehead atoms. The minimum absolute atomic E-state index is 0.0496. The van der Waals surface area contributed by atoms with Crippen LogP contribution in [0.15, 0.2) is 59.1 Å². The molecule has 1 unspecified atom stereocenters. The SMILES string of the molecule is O=C(OCc1ccccc1)N(Cc1cccc(Br)c1)CC1CCS(=O)(=O)C1. The van der Waals surface area contributed by atoms with Gasteiger partial charge in [-0.05, 0) is 35.6 Å². The van der Waals surface area contributed by atoms with E-state index in [1.54, 1.807) is 4.90 Å². The minimum Gasteiger partial charge on any atom is -0.445 e. The third kappa shape index (κ3) is 6.07. The summed E-state index contributed by atoms with van der Waals surface area (Å²) in [5, 5.41) is 0. The number of hydrogen-bond acceptors (Lipinski definition) is 4. The number of benzene rings is 2. The van der Waals surface area contributed by atoms with Gasteiger partial charge >= 0.3 is 6.09 Å². The van der Waals surface area contributed by atoms with Gasteiger partial charge in [0.05, 0.1) is 11.5 Å². The fourth-order valence-corrected chi connectivity index (χ4v) is 5.49. The molecule has 1 heterocycles. The lowest BCUT2D eigenvalue weighted by Crippen LogP contribution is -2.35. The number of carbonyl (C=O) groups is 1. The Morgan fingerprint density at radius 2 is 1.85 bits per heavy atom. The van der Waals surface area contributed by atoms with Gasteiger partial charge in [0.25, 0.3) is 0 Å². The van der Waals surface area contributed by atoms with Gasteiger partial charge < -0.3 is 9.64 Å². The maximum atomic E-state index is 12.7. The van der Waals surface area contributed by atoms with Crippen LogP contribution in [0, 0.1) is 5.92 Å². The van der Waals surface area contributed by atoms with E-state index in [1.165, 1.54) is 0 Å². The third-order valence-corrected chi connectivity index (χ3v) is 6.86. The second kappa shape index (κ2) is 8.89. The van der Waals surface area contributed by atoms with E-state index in [0.717, 1.165) is 15.6 Å². The summed E-state index contributed by atoms with van der Waals surface area (Å²) in [6, 6.07) is 17.2. The summed E-state index contributed by atoms with van der Waals surface area (Å²) >= 11 is 3.44. The largest absolute Gasteiger partial charge is 0.445 e. The Bertz CT molecular complexity index is 886. The Balaban J connectivity index is 1.68. The predicted molar refractivity (Wildman–Crippen MR) is 108 cm³/mol. The van der Waals surface area contributed by atoms with Gasteiger partial charge in [-0.25, -0.2) is 13.2 Å². The molecule has 1 saturated heterocycles. The average Bonchev–Trinajstić information content (AvgIpc) is 2.98. The highest BCUT2D eigenvalue weighted by atomic mass is 79.9. The first kappa shape index (κ1) is 19.9. The molecule has 27 heavy (non-hydrogen) atoms. The molecule has 1 fully saturated rings. The van der Waals surface area contributed by atoms with Crippen LogP contribution >= 0.6 is 15.9 Å². The highest BCUT2D eigenvalue weighted by Crippen LogP contribution is 2.22. The van der Waals surface area contributed by atoms with Crippen LogP contribution in [0.1, 0.15) is 17.5 Å². The molecule has 0 aliphatic carbocycles. The Kier molecular flexibility index (Phi) is 6.55. The molecule has 1 atom stereocenters. The van der Waals surface area contributed by atoms with Gasteiger partial charge in [0.1, 0.15) is 6.61 Å². The van der Waals surface area contributed by atoms with Crippen molar-refractivity contribution in [3.8, 4) is 0 Å². The quantitative estimate of drug-likeness (QED) is 0.664. The first-order valence-corrected chi connectivity index (χ1v) is 11.4. The first-order valence-electron chi connectivity index (χ1n) is 8.82. The first-order chi connectivity index (χ1) is 12.9. The number of amides is 1. The molecule has 3 rings (SSSR count). The predicted octanol–water partition coefficient (Wildman–Crippen LogP) is 4.02. The molecule has 1 aliphatic rings. The van der Waals surface area contributed by atoms with Gasteiger partial charge in [0, 0.05) is 17.6 Å². The second-order valence-corrected chi connectivity index (χ2v) is 9.96. The van der Waals surface area contributed by atoms with Crippen LogP contribution in [0.5, 0.6) is 0 Å². The molecular weight excluding hydrogens is 430 g/mol. The molecule has 1 amide bonds. The molecule has 144 valence electrons. The summed E-state index contributed by atoms with van der Waals surface area (Å²) < 4.78 is 29.9. The lowest BCUT2D eigenvalue weighted by molar-refractivity contribution is 0.0887. The molecule has 5 nitrogen and oxygen atoms in total. The zero-order valence-electron chi connectivity index (χ0n) is 14.9. The maximum Gasteiger partial charge on any atom is 0.410 e. The molecule has 7 heteroatoms. The van der Waals surface area contributed by atoms with Gasteiger partial charge in [-0.1, -0.05) is 58.4 Å². The Labute approximate surface area is 168 Å². The molecule has 0 saturated carbocycles. The third-order valence-electron chi connectivity index (χ3n) is 4.53. The molecule has 0 aromatic heterocycles. The summed E-state index contributed by atoms with van der Waals surface area (Å²) in [6.07, 6.45) is 0.159. The Morgan fingerprint density at radius 3 is 2.52 bits per heavy atom. The molecule has 2 aromatic rings. The highest BCUT2D eigenvalue weighted by molar-refractivity contribution is 9.10. The van der Waals surface area contributed by atoms with Gasteiger partial charge in [0.15, 0.2) is 9.84 Å². The van der Waals surface area contributed by atoms with E-state index in [0.29, 0.717) is 19.5 Å². The van der Waals surface area contributed by atoms with E-state index in [9.17, 15) is 13.2 Å². The van der Waals surface area contributed by atoms with E-state index in [1.807, 2.05) is 54.6 Å². The van der Waals surface area contributed by atoms with Crippen LogP contribution in [0.4, 0.5) is 4.79 Å². The van der Waals surface area contributed by atoms with E-state index in [2.05, 4.69) is 15.9 Å². The van der Waals surface area contributed by atoms with Crippen molar-refractivity contribution in [2.75, 3.05) is 18.1 Å². The number of halogens is 1. The highest BCUT2D eigenvalue weighted by Gasteiger charge is 2.31. The van der Waals surface area contributed by atoms with E-state index in [-0.39, 0.29) is 24.0 Å². The van der Waals surface area contributed by atoms with Crippen molar-refractivity contribution in [1.29, 1.82) is 0 Å². The molecule has 0 N–H and O–H groups in total. The van der Waals surface area contributed by atoms with Gasteiger partial charge in [-0.15, -0.1) is 0 Å². The maximum absolute atomic E-state index is 12.7. The van der Waals surface area contributed by atoms with Crippen LogP contribution in [-0.4, -0.2) is 37.5 Å². The van der Waals surface area contributed by atoms with Crippen molar-refractivity contribution >= 4 is 31.9 Å². The number of rotatable bonds is 6. The normalized spacial score (nSPS) is 18.2. The monoisotopic (exact) mass is 451 g/mol. The summed E-state index contributed by atoms with van der Waals surface area (Å²) in [4.78, 5) is 14.3. The smallest absolute Gasteiger partial charge is 0.410 e. The van der Waals surface area contributed by atoms with Crippen molar-refractivity contribution in [3.63, 3.8) is 0 Å². The van der Waals surface area contributed by atoms with Crippen molar-refractivity contribution in [2.24, 2.45) is 5.92 Å². The van der Waals surface area contributed by atoms with Crippen LogP contribution in [0.2, 0.25) is 0 Å². The Hall–Kier alpha value is -1.86. The number of sulfone groups is 1. The summed E-state index contributed by atoms with van der Waals surface area (Å²) in [5.74, 6) is 0.279. The van der Waals surface area contributed by atoms with Crippen LogP contribution in [0.3, 0.4) is 0 Å². The van der Waals surface area contributed by atoms with Crippen LogP contribution in [0.25, 0.3) is 0 Å². The lowest BCUT2D eigenvalue weighted by Gasteiger charge is -2.25. The van der Waals surface area contributed by atoms with E-state index < -0.39 is 15.9 Å². The van der Waals surface area contributed by atoms with Crippen LogP contribution in [-0.2, 0) is 27.7 Å². The lowest BCUT2D eigenvalue weighted by atomic mass is 10.1. The van der Waals surface area contributed by atoms with Crippen molar-refractivity contribution in [3.05, 3.63) is 70.2 Å². The van der Waals surface area contributed by atoms with E-state index >= 15 is 0 Å². The topological polar surface area (TPSA) is 63.7 Å². The molecule has 1 aliphatic heterocycles. The standard InChI is InChI=1S/C20H22BrNO4S/c21-19-8-4-7-17(11-19)12-22(13-18-9-10-27(24,25)15-18)20(23)26-14-16-5-2-1-3-6-16/h1-8,11,18H,9-10,12-15H2. The number of hydrogen-bond donors (Lipinski definition) is 0. The number of nitrogens with zero attached hydrogens (tertiary/aromatic N) is 1. The molecule has 0 radical (unpaired) electrons. The Morgan fingerprint density at radius 1 is 1.11 bits per heavy atom. The van der Waals surface area contributed by atoms with Crippen molar-refractivity contribution in [1.82, 2.24) is 4.90 Å². The van der Waals surface area contributed by atoms with Crippen molar-refractivity contribution < 1.29 is 17.9 Å².